The molecule has 1 aliphatic heterocycles. The summed E-state index contributed by atoms with van der Waals surface area (Å²) < 4.78 is 22.2. The zero-order valence-electron chi connectivity index (χ0n) is 71.7. The van der Waals surface area contributed by atoms with Gasteiger partial charge in [0.1, 0.15) is 23.7 Å². The number of carboxylic acids is 4. The maximum absolute atomic E-state index is 14.4. The zero-order valence-corrected chi connectivity index (χ0v) is 71.7. The molecular formula is C84H126N18O24. The molecule has 5 rings (SSSR count). The van der Waals surface area contributed by atoms with Gasteiger partial charge in [-0.05, 0) is 118 Å². The Morgan fingerprint density at radius 2 is 0.952 bits per heavy atom. The van der Waals surface area contributed by atoms with Crippen LogP contribution in [0.25, 0.3) is 6.08 Å². The first-order chi connectivity index (χ1) is 60.5. The molecule has 0 spiro atoms. The summed E-state index contributed by atoms with van der Waals surface area (Å²) in [5, 5.41) is 70.9. The number of aromatic nitrogens is 1. The van der Waals surface area contributed by atoms with E-state index in [-0.39, 0.29) is 259 Å². The van der Waals surface area contributed by atoms with E-state index in [2.05, 4.69) is 68.8 Å². The van der Waals surface area contributed by atoms with Crippen molar-refractivity contribution in [3.8, 4) is 0 Å². The Balaban J connectivity index is 0.911. The number of carboxylic acid groups (broad SMARTS) is 4. The van der Waals surface area contributed by atoms with Crippen molar-refractivity contribution in [1.29, 1.82) is 0 Å². The number of anilines is 2. The van der Waals surface area contributed by atoms with Crippen molar-refractivity contribution in [3.05, 3.63) is 95.8 Å². The summed E-state index contributed by atoms with van der Waals surface area (Å²) in [4.78, 5) is 214. The van der Waals surface area contributed by atoms with E-state index in [1.807, 2.05) is 19.1 Å². The molecule has 42 heteroatoms. The van der Waals surface area contributed by atoms with Crippen molar-refractivity contribution >= 4 is 112 Å². The second kappa shape index (κ2) is 60.7. The number of hydrogen-bond donors (Lipinski definition) is 17. The van der Waals surface area contributed by atoms with Gasteiger partial charge in [-0.25, -0.2) is 9.59 Å². The third kappa shape index (κ3) is 46.2. The third-order valence-corrected chi connectivity index (χ3v) is 20.2. The van der Waals surface area contributed by atoms with Crippen LogP contribution in [0.4, 0.5) is 21.0 Å². The van der Waals surface area contributed by atoms with E-state index in [4.69, 9.17) is 24.7 Å². The number of primary amides is 1. The van der Waals surface area contributed by atoms with Gasteiger partial charge in [0.2, 0.25) is 59.1 Å². The van der Waals surface area contributed by atoms with Gasteiger partial charge in [0, 0.05) is 154 Å². The Morgan fingerprint density at radius 3 is 1.46 bits per heavy atom. The minimum Gasteiger partial charge on any atom is -0.481 e. The average molecular weight is 1770 g/mol. The number of nitrogens with two attached hydrogens (primary N) is 1. The van der Waals surface area contributed by atoms with Crippen molar-refractivity contribution < 1.29 is 116 Å². The molecule has 2 heterocycles. The number of carbonyl (C=O) groups is 16. The molecule has 0 bridgehead atoms. The molecule has 2 fully saturated rings. The highest BCUT2D eigenvalue weighted by molar-refractivity contribution is 6.00. The minimum absolute atomic E-state index is 0.0177. The number of aliphatic carboxylic acids is 4. The van der Waals surface area contributed by atoms with E-state index < -0.39 is 101 Å². The topological polar surface area (TPSA) is 587 Å². The van der Waals surface area contributed by atoms with Gasteiger partial charge in [-0.3, -0.25) is 86.8 Å². The number of benzene rings is 2. The Hall–Kier alpha value is -11.8. The van der Waals surface area contributed by atoms with E-state index in [0.29, 0.717) is 55.5 Å². The van der Waals surface area contributed by atoms with Gasteiger partial charge in [-0.1, -0.05) is 55.7 Å². The Labute approximate surface area is 732 Å². The lowest BCUT2D eigenvalue weighted by molar-refractivity contribution is -0.140. The lowest BCUT2D eigenvalue weighted by atomic mass is 9.80. The summed E-state index contributed by atoms with van der Waals surface area (Å²) in [6.45, 7) is 4.12. The number of para-hydroxylation sites is 1. The molecule has 1 saturated carbocycles. The van der Waals surface area contributed by atoms with Crippen molar-refractivity contribution in [2.75, 3.05) is 175 Å². The highest BCUT2D eigenvalue weighted by Crippen LogP contribution is 2.29. The van der Waals surface area contributed by atoms with Crippen molar-refractivity contribution in [1.82, 2.24) is 77.8 Å². The molecule has 0 unspecified atom stereocenters. The fourth-order valence-electron chi connectivity index (χ4n) is 13.4. The minimum atomic E-state index is -1.38. The smallest absolute Gasteiger partial charge is 0.323 e. The summed E-state index contributed by atoms with van der Waals surface area (Å²) >= 11 is 0. The molecule has 1 aromatic heterocycles. The van der Waals surface area contributed by atoms with Gasteiger partial charge < -0.3 is 114 Å². The van der Waals surface area contributed by atoms with Gasteiger partial charge in [0.05, 0.1) is 78.9 Å². The molecule has 3 atom stereocenters. The standard InChI is InChI=1S/C84H126N18O24/c1-60-13-3-4-15-64(60)97-82(121)93-63-23-20-61(21-24-63)55-73(108)95-66(17-6-9-33-87-68(103)25-22-62-14-12-32-86-56-62)79(118)96-67(18-11-19-74(109)110)80(119)98-84(30-7-2-8-31-84)81(120)91-38-50-126-54-53-125-48-36-89-70(105)27-26-69(104)88-35-47-123-51-52-124-49-37-90-71(106)28-29-72(107)94-65(78(85)117)16-5-10-34-92-83(122)102-45-43-100(58-76(113)114)41-39-99(57-75(111)112)40-42-101(44-46-102)59-77(115)116/h3-4,12-15,20-25,32,56,65-67H,2,5-11,16-19,26-31,33-55,57-59H2,1H3,(H2,85,117)(H,87,103)(H,88,104)(H,89,105)(H,90,106)(H,91,120)(H,92,122)(H,94,107)(H,95,108)(H,96,118)(H,98,119)(H,109,110)(H,111,112)(H,113,114)(H,115,116)(H2,93,97,121)/b25-22+/t65-,66-,67-/m0/s1. The van der Waals surface area contributed by atoms with Gasteiger partial charge in [0.25, 0.3) is 0 Å². The number of urea groups is 2. The van der Waals surface area contributed by atoms with Crippen LogP contribution in [0.2, 0.25) is 0 Å². The SMILES string of the molecule is Cc1ccccc1NC(=O)Nc1ccc(CC(=O)N[C@@H](CCCCNC(=O)/C=C/c2cccnc2)C(=O)N[C@@H](CCCC(=O)O)C(=O)NC2(C(=O)NCCOCCOCCNC(=O)CCC(=O)NCCOCCOCCNC(=O)CCC(=O)N[C@@H](CCCCNC(=O)N3CCN(CC(=O)O)CCN(CC(=O)O)CCN(CC(=O)O)CC3)C(N)=O)CCCCC2)cc1. The molecule has 2 aromatic carbocycles. The summed E-state index contributed by atoms with van der Waals surface area (Å²) in [6, 6.07) is 12.9. The van der Waals surface area contributed by atoms with Crippen LogP contribution in [0.15, 0.2) is 79.1 Å². The largest absolute Gasteiger partial charge is 0.481 e. The number of nitrogens with one attached hydrogen (secondary N) is 12. The average Bonchev–Trinajstić information content (AvgIpc) is 0.805. The molecule has 1 saturated heterocycles. The van der Waals surface area contributed by atoms with E-state index in [1.165, 1.54) is 11.0 Å². The quantitative estimate of drug-likeness (QED) is 0.0262. The molecule has 18 N–H and O–H groups in total. The van der Waals surface area contributed by atoms with E-state index >= 15 is 0 Å². The van der Waals surface area contributed by atoms with E-state index in [9.17, 15) is 97.1 Å². The summed E-state index contributed by atoms with van der Waals surface area (Å²) in [7, 11) is 0. The second-order valence-electron chi connectivity index (χ2n) is 30.3. The zero-order chi connectivity index (χ0) is 91.7. The second-order valence-corrected chi connectivity index (χ2v) is 30.3. The van der Waals surface area contributed by atoms with Crippen LogP contribution in [-0.2, 0) is 92.5 Å². The van der Waals surface area contributed by atoms with Crippen LogP contribution in [0.5, 0.6) is 0 Å². The number of rotatable bonds is 58. The van der Waals surface area contributed by atoms with Crippen molar-refractivity contribution in [2.24, 2.45) is 5.73 Å². The van der Waals surface area contributed by atoms with Crippen LogP contribution in [0.1, 0.15) is 132 Å². The molecule has 1 aliphatic carbocycles. The Bertz CT molecular complexity index is 3960. The van der Waals surface area contributed by atoms with Gasteiger partial charge in [-0.15, -0.1) is 0 Å². The molecule has 3 aromatic rings. The fourth-order valence-corrected chi connectivity index (χ4v) is 13.4. The van der Waals surface area contributed by atoms with Crippen LogP contribution >= 0.6 is 0 Å². The molecule has 2 aliphatic rings. The summed E-state index contributed by atoms with van der Waals surface area (Å²) in [6.07, 6.45) is 9.21. The number of nitrogens with zero attached hydrogens (tertiary/aromatic N) is 5. The normalized spacial score (nSPS) is 14.6. The molecular weight excluding hydrogens is 1650 g/mol. The lowest BCUT2D eigenvalue weighted by Crippen LogP contribution is -2.63. The number of amides is 14. The summed E-state index contributed by atoms with van der Waals surface area (Å²) in [5.41, 5.74) is 7.43. The fraction of sp³-hybridized carbons (Fsp3) is 0.583. The van der Waals surface area contributed by atoms with Crippen molar-refractivity contribution in [2.45, 2.75) is 153 Å². The van der Waals surface area contributed by atoms with Crippen LogP contribution in [0, 0.1) is 6.92 Å². The van der Waals surface area contributed by atoms with E-state index in [0.717, 1.165) is 17.5 Å². The maximum atomic E-state index is 14.4. The van der Waals surface area contributed by atoms with Crippen molar-refractivity contribution in [3.63, 3.8) is 0 Å². The molecule has 42 nitrogen and oxygen atoms in total. The Morgan fingerprint density at radius 1 is 0.468 bits per heavy atom. The van der Waals surface area contributed by atoms with Gasteiger partial charge >= 0.3 is 35.9 Å². The number of unbranched alkanes of at least 4 members (excludes halogenated alkanes) is 2. The third-order valence-electron chi connectivity index (χ3n) is 20.2. The number of aryl methyl sites for hydroxylation is 1. The van der Waals surface area contributed by atoms with Crippen LogP contribution in [-0.4, -0.2) is 328 Å². The first-order valence-corrected chi connectivity index (χ1v) is 42.6. The number of pyridine rings is 1. The predicted octanol–water partition coefficient (Wildman–Crippen LogP) is 0.0370. The Kier molecular flexibility index (Phi) is 50.4. The first-order valence-electron chi connectivity index (χ1n) is 42.6. The van der Waals surface area contributed by atoms with Gasteiger partial charge in [0.15, 0.2) is 0 Å². The molecule has 696 valence electrons. The van der Waals surface area contributed by atoms with Gasteiger partial charge in [-0.2, -0.15) is 0 Å². The monoisotopic (exact) mass is 1770 g/mol. The number of hydrogen-bond acceptors (Lipinski definition) is 24. The number of ether oxygens (including phenoxy) is 4. The van der Waals surface area contributed by atoms with E-state index in [1.54, 1.807) is 81.7 Å². The van der Waals surface area contributed by atoms with Crippen LogP contribution in [0.3, 0.4) is 0 Å². The maximum Gasteiger partial charge on any atom is 0.323 e. The highest BCUT2D eigenvalue weighted by atomic mass is 16.5. The molecule has 126 heavy (non-hydrogen) atoms. The van der Waals surface area contributed by atoms with Crippen LogP contribution < -0.4 is 69.5 Å². The highest BCUT2D eigenvalue weighted by Gasteiger charge is 2.42. The lowest BCUT2D eigenvalue weighted by Gasteiger charge is -2.38. The predicted molar refractivity (Wildman–Crippen MR) is 459 cm³/mol. The molecule has 0 radical (unpaired) electrons. The number of carbonyl (C=O) groups excluding carboxylic acids is 12. The molecule has 14 amide bonds. The summed E-state index contributed by atoms with van der Waals surface area (Å²) in [5.74, 6) is -9.79. The first kappa shape index (κ1) is 105.